The Balaban J connectivity index is 2.45. The first kappa shape index (κ1) is 25.9. The molecule has 0 saturated carbocycles. The Morgan fingerprint density at radius 1 is 1.39 bits per heavy atom. The minimum absolute atomic E-state index is 0.0386. The van der Waals surface area contributed by atoms with E-state index in [2.05, 4.69) is 4.40 Å². The van der Waals surface area contributed by atoms with E-state index in [1.165, 1.54) is 15.9 Å². The highest BCUT2D eigenvalue weighted by atomic mass is 35.5. The van der Waals surface area contributed by atoms with E-state index in [4.69, 9.17) is 16.3 Å². The van der Waals surface area contributed by atoms with Crippen molar-refractivity contribution in [1.82, 2.24) is 9.80 Å². The summed E-state index contributed by atoms with van der Waals surface area (Å²) in [5.74, 6) is 0.471. The number of unbranched alkanes of at least 4 members (excludes halogenated alkanes) is 1. The molecule has 13 heteroatoms. The van der Waals surface area contributed by atoms with Crippen LogP contribution in [0.2, 0.25) is 0 Å². The van der Waals surface area contributed by atoms with E-state index < -0.39 is 37.2 Å². The topological polar surface area (TPSA) is 113 Å². The molecular formula is C18H28ClN3O6S3. The van der Waals surface area contributed by atoms with Crippen LogP contribution in [0.15, 0.2) is 18.9 Å². The van der Waals surface area contributed by atoms with Crippen molar-refractivity contribution in [2.75, 3.05) is 33.1 Å². The van der Waals surface area contributed by atoms with E-state index in [9.17, 15) is 21.6 Å². The van der Waals surface area contributed by atoms with Gasteiger partial charge in [-0.3, -0.25) is 0 Å². The number of carbonyl (C=O) groups excluding carboxylic acids is 1. The number of fused-ring (bicyclic) bond motifs is 1. The number of rotatable bonds is 9. The molecule has 31 heavy (non-hydrogen) atoms. The smallest absolute Gasteiger partial charge is 0.410 e. The Kier molecular flexibility index (Phi) is 8.77. The first-order valence-corrected chi connectivity index (χ1v) is 14.1. The summed E-state index contributed by atoms with van der Waals surface area (Å²) in [7, 11) is -4.55. The number of alkyl halides is 1. The number of amides is 1. The van der Waals surface area contributed by atoms with Gasteiger partial charge in [0, 0.05) is 32.1 Å². The van der Waals surface area contributed by atoms with Crippen LogP contribution in [0.3, 0.4) is 0 Å². The zero-order valence-electron chi connectivity index (χ0n) is 17.9. The molecule has 1 unspecified atom stereocenters. The average molecular weight is 514 g/mol. The molecule has 9 nitrogen and oxygen atoms in total. The number of nitrogens with zero attached hydrogens (tertiary/aromatic N) is 3. The largest absolute Gasteiger partial charge is 0.449 e. The lowest BCUT2D eigenvalue weighted by atomic mass is 10.0. The number of hydrogen-bond acceptors (Lipinski definition) is 7. The summed E-state index contributed by atoms with van der Waals surface area (Å²) in [6.45, 7) is 3.81. The third-order valence-electron chi connectivity index (χ3n) is 4.78. The van der Waals surface area contributed by atoms with Crippen LogP contribution in [0.5, 0.6) is 0 Å². The molecular weight excluding hydrogens is 486 g/mol. The van der Waals surface area contributed by atoms with Crippen molar-refractivity contribution in [1.29, 1.82) is 0 Å². The molecule has 176 valence electrons. The van der Waals surface area contributed by atoms with Gasteiger partial charge in [-0.25, -0.2) is 13.2 Å². The van der Waals surface area contributed by atoms with Crippen LogP contribution < -0.4 is 0 Å². The molecule has 2 rings (SSSR count). The molecule has 1 amide bonds. The lowest BCUT2D eigenvalue weighted by Crippen LogP contribution is -2.40. The highest BCUT2D eigenvalue weighted by Crippen LogP contribution is 2.45. The van der Waals surface area contributed by atoms with Crippen molar-refractivity contribution >= 4 is 55.2 Å². The fraction of sp³-hybridized carbons (Fsp3) is 0.667. The zero-order chi connectivity index (χ0) is 23.4. The van der Waals surface area contributed by atoms with Crippen LogP contribution >= 0.6 is 22.9 Å². The van der Waals surface area contributed by atoms with E-state index in [0.717, 1.165) is 6.34 Å². The summed E-state index contributed by atoms with van der Waals surface area (Å²) < 4.78 is 59.7. The van der Waals surface area contributed by atoms with Crippen molar-refractivity contribution in [3.63, 3.8) is 0 Å². The molecule has 2 atom stereocenters. The molecule has 0 N–H and O–H groups in total. The van der Waals surface area contributed by atoms with Crippen molar-refractivity contribution in [3.05, 3.63) is 11.6 Å². The number of ether oxygens (including phenoxy) is 1. The Morgan fingerprint density at radius 3 is 2.65 bits per heavy atom. The maximum atomic E-state index is 12.9. The van der Waals surface area contributed by atoms with Gasteiger partial charge in [0.25, 0.3) is 10.0 Å². The van der Waals surface area contributed by atoms with Crippen LogP contribution in [0, 0.1) is 0 Å². The molecule has 0 radical (unpaired) electrons. The predicted octanol–water partition coefficient (Wildman–Crippen LogP) is 3.11. The maximum Gasteiger partial charge on any atom is 0.410 e. The van der Waals surface area contributed by atoms with Gasteiger partial charge >= 0.3 is 6.09 Å². The highest BCUT2D eigenvalue weighted by molar-refractivity contribution is 7.96. The maximum absolute atomic E-state index is 12.9. The Morgan fingerprint density at radius 2 is 2.06 bits per heavy atom. The summed E-state index contributed by atoms with van der Waals surface area (Å²) >= 11 is 6.31. The summed E-state index contributed by atoms with van der Waals surface area (Å²) in [5, 5.41) is -0.775. The molecule has 0 aliphatic carbocycles. The van der Waals surface area contributed by atoms with E-state index in [-0.39, 0.29) is 28.0 Å². The zero-order valence-corrected chi connectivity index (χ0v) is 21.2. The van der Waals surface area contributed by atoms with Crippen LogP contribution in [0.25, 0.3) is 0 Å². The Labute approximate surface area is 193 Å². The fourth-order valence-corrected chi connectivity index (χ4v) is 8.19. The van der Waals surface area contributed by atoms with Crippen molar-refractivity contribution in [3.8, 4) is 0 Å². The number of sulfonamides is 1. The summed E-state index contributed by atoms with van der Waals surface area (Å²) in [4.78, 5) is 15.6. The molecule has 0 saturated heterocycles. The van der Waals surface area contributed by atoms with Crippen LogP contribution in [-0.4, -0.2) is 77.4 Å². The molecule has 1 aliphatic rings. The molecule has 0 bridgehead atoms. The predicted molar refractivity (Wildman–Crippen MR) is 121 cm³/mol. The summed E-state index contributed by atoms with van der Waals surface area (Å²) in [5.41, 5.74) is 0.293. The van der Waals surface area contributed by atoms with Gasteiger partial charge in [-0.1, -0.05) is 0 Å². The molecule has 1 aromatic heterocycles. The van der Waals surface area contributed by atoms with Gasteiger partial charge in [-0.2, -0.15) is 8.42 Å². The second kappa shape index (κ2) is 10.5. The molecule has 2 heterocycles. The average Bonchev–Trinajstić information content (AvgIpc) is 3.16. The van der Waals surface area contributed by atoms with E-state index in [1.54, 1.807) is 27.9 Å². The summed E-state index contributed by atoms with van der Waals surface area (Å²) in [6, 6.07) is 0.705. The fourth-order valence-electron chi connectivity index (χ4n) is 3.12. The van der Waals surface area contributed by atoms with Crippen LogP contribution in [-0.2, 0) is 24.6 Å². The van der Waals surface area contributed by atoms with Gasteiger partial charge in [-0.05, 0) is 39.2 Å². The van der Waals surface area contributed by atoms with Crippen LogP contribution in [0.1, 0.15) is 44.7 Å². The van der Waals surface area contributed by atoms with Gasteiger partial charge < -0.3 is 14.5 Å². The van der Waals surface area contributed by atoms with E-state index in [1.807, 2.05) is 0 Å². The lowest BCUT2D eigenvalue weighted by molar-refractivity contribution is 0.0840. The summed E-state index contributed by atoms with van der Waals surface area (Å²) in [6.07, 6.45) is 2.05. The molecule has 0 spiro atoms. The van der Waals surface area contributed by atoms with Gasteiger partial charge in [-0.15, -0.1) is 27.3 Å². The second-order valence-electron chi connectivity index (χ2n) is 7.37. The molecule has 1 aromatic rings. The molecule has 0 fully saturated rings. The first-order valence-electron chi connectivity index (χ1n) is 9.79. The number of halogens is 1. The Bertz CT molecular complexity index is 1020. The van der Waals surface area contributed by atoms with Gasteiger partial charge in [0.05, 0.1) is 17.9 Å². The molecule has 1 aliphatic heterocycles. The van der Waals surface area contributed by atoms with Crippen LogP contribution in [0.4, 0.5) is 4.79 Å². The van der Waals surface area contributed by atoms with Gasteiger partial charge in [0.1, 0.15) is 14.8 Å². The number of carbonyl (C=O) groups is 1. The van der Waals surface area contributed by atoms with E-state index in [0.29, 0.717) is 35.6 Å². The second-order valence-corrected chi connectivity index (χ2v) is 13.2. The lowest BCUT2D eigenvalue weighted by Gasteiger charge is -2.35. The number of hydrogen-bond donors (Lipinski definition) is 0. The quantitative estimate of drug-likeness (QED) is 0.216. The first-order chi connectivity index (χ1) is 14.5. The SMILES string of the molecule is CCN(C(=O)OCCCCCl)[C@H]1CC(C)S(=O)(=O)c2sc(S(=O)(=O)/N=C/N(C)C)cc21. The van der Waals surface area contributed by atoms with Crippen molar-refractivity contribution in [2.24, 2.45) is 4.40 Å². The van der Waals surface area contributed by atoms with Gasteiger partial charge in [0.2, 0.25) is 0 Å². The minimum atomic E-state index is -4.08. The highest BCUT2D eigenvalue weighted by Gasteiger charge is 2.43. The monoisotopic (exact) mass is 513 g/mol. The number of sulfone groups is 1. The normalized spacial score (nSPS) is 20.4. The van der Waals surface area contributed by atoms with Crippen molar-refractivity contribution in [2.45, 2.75) is 52.8 Å². The number of thiophene rings is 1. The van der Waals surface area contributed by atoms with Gasteiger partial charge in [0.15, 0.2) is 9.84 Å². The Hall–Kier alpha value is -1.37. The third kappa shape index (κ3) is 5.91. The molecule has 0 aromatic carbocycles. The van der Waals surface area contributed by atoms with Crippen molar-refractivity contribution < 1.29 is 26.4 Å². The minimum Gasteiger partial charge on any atom is -0.449 e. The standard InChI is InChI=1S/C18H28ClN3O6S3/c1-5-22(18(23)28-9-7-6-8-19)15-10-13(2)30(24,25)17-14(15)11-16(29-17)31(26,27)20-12-21(3)4/h11-13,15H,5-10H2,1-4H3/b20-12+/t13?,15-/m0/s1. The van der Waals surface area contributed by atoms with E-state index >= 15 is 0 Å². The third-order valence-corrected chi connectivity index (χ3v) is 10.6.